The Hall–Kier alpha value is -0.970. The molecule has 1 heterocycles. The monoisotopic (exact) mass is 186 g/mol. The van der Waals surface area contributed by atoms with Crippen LogP contribution in [0, 0.1) is 10.8 Å². The molecule has 3 N–H and O–H groups in total. The Bertz CT molecular complexity index is 228. The largest absolute Gasteiger partial charge is 0.311 e. The standard InChI is InChI=1S/C8H15FN4/c1-5-4-12-6(2)8(11)13(5)7(10)3-9/h5-6,10-12H,3-4H2,1-2H3. The van der Waals surface area contributed by atoms with Gasteiger partial charge in [-0.3, -0.25) is 10.8 Å². The van der Waals surface area contributed by atoms with Crippen LogP contribution in [0.2, 0.25) is 0 Å². The fourth-order valence-electron chi connectivity index (χ4n) is 1.46. The van der Waals surface area contributed by atoms with Crippen LogP contribution in [0.3, 0.4) is 0 Å². The fourth-order valence-corrected chi connectivity index (χ4v) is 1.46. The van der Waals surface area contributed by atoms with Crippen molar-refractivity contribution in [1.29, 1.82) is 10.8 Å². The molecule has 74 valence electrons. The predicted octanol–water partition coefficient (Wildman–Crippen LogP) is 0.593. The van der Waals surface area contributed by atoms with E-state index in [2.05, 4.69) is 5.32 Å². The Morgan fingerprint density at radius 2 is 2.31 bits per heavy atom. The average Bonchev–Trinajstić information content (AvgIpc) is 2.12. The summed E-state index contributed by atoms with van der Waals surface area (Å²) in [7, 11) is 0. The van der Waals surface area contributed by atoms with E-state index in [-0.39, 0.29) is 23.8 Å². The third-order valence-corrected chi connectivity index (χ3v) is 2.25. The molecule has 2 unspecified atom stereocenters. The van der Waals surface area contributed by atoms with Gasteiger partial charge in [-0.05, 0) is 13.8 Å². The topological polar surface area (TPSA) is 63.0 Å². The van der Waals surface area contributed by atoms with Crippen molar-refractivity contribution >= 4 is 11.7 Å². The lowest BCUT2D eigenvalue weighted by Gasteiger charge is -2.38. The van der Waals surface area contributed by atoms with E-state index in [0.717, 1.165) is 0 Å². The van der Waals surface area contributed by atoms with E-state index in [4.69, 9.17) is 10.8 Å². The van der Waals surface area contributed by atoms with Crippen molar-refractivity contribution in [2.24, 2.45) is 0 Å². The van der Waals surface area contributed by atoms with Gasteiger partial charge in [0.15, 0.2) is 0 Å². The number of amidine groups is 2. The van der Waals surface area contributed by atoms with Crippen molar-refractivity contribution in [1.82, 2.24) is 10.2 Å². The molecule has 2 atom stereocenters. The second-order valence-electron chi connectivity index (χ2n) is 3.31. The molecule has 0 amide bonds. The molecule has 0 aliphatic carbocycles. The van der Waals surface area contributed by atoms with Gasteiger partial charge in [-0.25, -0.2) is 4.39 Å². The zero-order chi connectivity index (χ0) is 10.0. The van der Waals surface area contributed by atoms with Crippen molar-refractivity contribution in [3.05, 3.63) is 0 Å². The van der Waals surface area contributed by atoms with E-state index in [1.165, 1.54) is 4.90 Å². The van der Waals surface area contributed by atoms with Crippen LogP contribution in [0.1, 0.15) is 13.8 Å². The highest BCUT2D eigenvalue weighted by molar-refractivity contribution is 6.01. The first-order valence-corrected chi connectivity index (χ1v) is 4.32. The van der Waals surface area contributed by atoms with Gasteiger partial charge in [-0.2, -0.15) is 0 Å². The van der Waals surface area contributed by atoms with E-state index in [9.17, 15) is 4.39 Å². The third-order valence-electron chi connectivity index (χ3n) is 2.25. The van der Waals surface area contributed by atoms with Crippen LogP contribution in [0.4, 0.5) is 4.39 Å². The molecule has 0 saturated carbocycles. The molecule has 0 spiro atoms. The van der Waals surface area contributed by atoms with E-state index in [1.54, 1.807) is 0 Å². The number of rotatable bonds is 1. The highest BCUT2D eigenvalue weighted by atomic mass is 19.1. The van der Waals surface area contributed by atoms with Gasteiger partial charge in [-0.15, -0.1) is 0 Å². The number of nitrogens with zero attached hydrogens (tertiary/aromatic N) is 1. The zero-order valence-corrected chi connectivity index (χ0v) is 7.89. The zero-order valence-electron chi connectivity index (χ0n) is 7.89. The Morgan fingerprint density at radius 3 is 2.85 bits per heavy atom. The van der Waals surface area contributed by atoms with Gasteiger partial charge in [0.25, 0.3) is 0 Å². The molecule has 0 aromatic rings. The molecule has 1 rings (SSSR count). The van der Waals surface area contributed by atoms with Crippen molar-refractivity contribution in [3.63, 3.8) is 0 Å². The van der Waals surface area contributed by atoms with Crippen molar-refractivity contribution in [2.45, 2.75) is 25.9 Å². The molecule has 0 bridgehead atoms. The molecule has 0 aromatic heterocycles. The van der Waals surface area contributed by atoms with Gasteiger partial charge in [-0.1, -0.05) is 0 Å². The molecule has 4 nitrogen and oxygen atoms in total. The first kappa shape index (κ1) is 10.1. The Labute approximate surface area is 77.1 Å². The van der Waals surface area contributed by atoms with Crippen molar-refractivity contribution in [2.75, 3.05) is 13.2 Å². The molecule has 1 aliphatic rings. The number of hydrogen-bond acceptors (Lipinski definition) is 3. The normalized spacial score (nSPS) is 29.2. The molecule has 0 radical (unpaired) electrons. The molecular formula is C8H15FN4. The SMILES string of the molecule is CC1NCC(C)N(C(=N)CF)C1=N. The van der Waals surface area contributed by atoms with E-state index in [0.29, 0.717) is 6.54 Å². The molecule has 5 heteroatoms. The predicted molar refractivity (Wildman–Crippen MR) is 50.2 cm³/mol. The lowest BCUT2D eigenvalue weighted by atomic mass is 10.1. The molecule has 1 fully saturated rings. The van der Waals surface area contributed by atoms with Gasteiger partial charge in [0.05, 0.1) is 6.04 Å². The minimum absolute atomic E-state index is 0.00745. The lowest BCUT2D eigenvalue weighted by molar-refractivity contribution is 0.356. The van der Waals surface area contributed by atoms with Crippen molar-refractivity contribution < 1.29 is 4.39 Å². The van der Waals surface area contributed by atoms with Crippen LogP contribution >= 0.6 is 0 Å². The maximum Gasteiger partial charge on any atom is 0.147 e. The molecule has 0 aromatic carbocycles. The lowest BCUT2D eigenvalue weighted by Crippen LogP contribution is -2.60. The Morgan fingerprint density at radius 1 is 1.69 bits per heavy atom. The molecular weight excluding hydrogens is 171 g/mol. The second kappa shape index (κ2) is 3.83. The molecule has 1 aliphatic heterocycles. The average molecular weight is 186 g/mol. The maximum atomic E-state index is 12.3. The highest BCUT2D eigenvalue weighted by Gasteiger charge is 2.29. The Balaban J connectivity index is 2.78. The van der Waals surface area contributed by atoms with E-state index >= 15 is 0 Å². The highest BCUT2D eigenvalue weighted by Crippen LogP contribution is 2.09. The summed E-state index contributed by atoms with van der Waals surface area (Å²) in [5.41, 5.74) is 0. The third kappa shape index (κ3) is 1.85. The van der Waals surface area contributed by atoms with Crippen LogP contribution in [-0.4, -0.2) is 41.9 Å². The van der Waals surface area contributed by atoms with Gasteiger partial charge in [0, 0.05) is 12.6 Å². The van der Waals surface area contributed by atoms with Gasteiger partial charge in [0.1, 0.15) is 18.3 Å². The maximum absolute atomic E-state index is 12.3. The summed E-state index contributed by atoms with van der Waals surface area (Å²) in [6.45, 7) is 3.59. The van der Waals surface area contributed by atoms with Gasteiger partial charge >= 0.3 is 0 Å². The smallest absolute Gasteiger partial charge is 0.147 e. The van der Waals surface area contributed by atoms with E-state index < -0.39 is 6.67 Å². The first-order valence-electron chi connectivity index (χ1n) is 4.32. The number of piperazine rings is 1. The van der Waals surface area contributed by atoms with E-state index in [1.807, 2.05) is 13.8 Å². The van der Waals surface area contributed by atoms with Crippen molar-refractivity contribution in [3.8, 4) is 0 Å². The fraction of sp³-hybridized carbons (Fsp3) is 0.750. The summed E-state index contributed by atoms with van der Waals surface area (Å²) >= 11 is 0. The van der Waals surface area contributed by atoms with Crippen LogP contribution in [0.15, 0.2) is 0 Å². The molecule has 1 saturated heterocycles. The first-order chi connectivity index (χ1) is 6.07. The summed E-state index contributed by atoms with van der Waals surface area (Å²) in [5, 5.41) is 18.1. The summed E-state index contributed by atoms with van der Waals surface area (Å²) < 4.78 is 12.3. The summed E-state index contributed by atoms with van der Waals surface area (Å²) in [4.78, 5) is 1.45. The second-order valence-corrected chi connectivity index (χ2v) is 3.31. The number of alkyl halides is 1. The van der Waals surface area contributed by atoms with Crippen LogP contribution < -0.4 is 5.32 Å². The minimum Gasteiger partial charge on any atom is -0.311 e. The quantitative estimate of drug-likeness (QED) is 0.414. The summed E-state index contributed by atoms with van der Waals surface area (Å²) in [5.74, 6) is 0.159. The molecule has 13 heavy (non-hydrogen) atoms. The van der Waals surface area contributed by atoms with Gasteiger partial charge < -0.3 is 10.2 Å². The van der Waals surface area contributed by atoms with Crippen LogP contribution in [0.25, 0.3) is 0 Å². The van der Waals surface area contributed by atoms with Gasteiger partial charge in [0.2, 0.25) is 0 Å². The Kier molecular flexibility index (Phi) is 2.98. The number of nitrogens with one attached hydrogen (secondary N) is 3. The van der Waals surface area contributed by atoms with Crippen LogP contribution in [0.5, 0.6) is 0 Å². The summed E-state index contributed by atoms with van der Waals surface area (Å²) in [6.07, 6.45) is 0. The van der Waals surface area contributed by atoms with Crippen LogP contribution in [-0.2, 0) is 0 Å². The summed E-state index contributed by atoms with van der Waals surface area (Å²) in [6, 6.07) is -0.102. The number of halogens is 1. The number of hydrogen-bond donors (Lipinski definition) is 3. The minimum atomic E-state index is -0.806.